The summed E-state index contributed by atoms with van der Waals surface area (Å²) in [4.78, 5) is 49.1. The second-order valence-corrected chi connectivity index (χ2v) is 10.7. The van der Waals surface area contributed by atoms with Gasteiger partial charge in [0.1, 0.15) is 11.4 Å². The molecule has 3 N–H and O–H groups in total. The van der Waals surface area contributed by atoms with Crippen LogP contribution in [0, 0.1) is 12.8 Å². The normalized spacial score (nSPS) is 12.4. The van der Waals surface area contributed by atoms with Crippen molar-refractivity contribution in [3.8, 4) is 16.9 Å². The van der Waals surface area contributed by atoms with Crippen molar-refractivity contribution in [3.05, 3.63) is 70.1 Å². The molecule has 1 saturated carbocycles. The fraction of sp³-hybridized carbons (Fsp3) is 0.276. The molecule has 0 spiro atoms. The molecule has 216 valence electrons. The smallest absolute Gasteiger partial charge is 0.273 e. The van der Waals surface area contributed by atoms with E-state index < -0.39 is 5.91 Å². The number of benzene rings is 1. The summed E-state index contributed by atoms with van der Waals surface area (Å²) in [6, 6.07) is 10.5. The van der Waals surface area contributed by atoms with Gasteiger partial charge < -0.3 is 25.6 Å². The van der Waals surface area contributed by atoms with Gasteiger partial charge in [0, 0.05) is 48.3 Å². The Kier molecular flexibility index (Phi) is 8.38. The van der Waals surface area contributed by atoms with Crippen molar-refractivity contribution in [3.63, 3.8) is 0 Å². The molecule has 1 aliphatic rings. The number of nitrogens with zero attached hydrogens (tertiary/aromatic N) is 5. The van der Waals surface area contributed by atoms with Crippen molar-refractivity contribution < 1.29 is 19.1 Å². The van der Waals surface area contributed by atoms with E-state index in [9.17, 15) is 14.4 Å². The standard InChI is InChI=1S/C29H30N8O4S/c1-16-23(42-15-32-16)14-37(3)29(40)21-11-10-18(13-31-21)19-6-5-7-20(26(19)41-4)33-22-12-24(34-27(38)17-8-9-17)35-36-25(22)28(39)30-2/h5-7,10-13,15,17H,8-9,14H2,1-4H3,(H,30,39)(H2,33,34,35,38). The Balaban J connectivity index is 1.40. The van der Waals surface area contributed by atoms with Crippen LogP contribution < -0.4 is 20.7 Å². The lowest BCUT2D eigenvalue weighted by Crippen LogP contribution is -2.26. The lowest BCUT2D eigenvalue weighted by atomic mass is 10.0. The van der Waals surface area contributed by atoms with Gasteiger partial charge in [-0.1, -0.05) is 18.2 Å². The molecule has 1 fully saturated rings. The molecule has 0 radical (unpaired) electrons. The molecule has 4 aromatic rings. The molecule has 0 atom stereocenters. The van der Waals surface area contributed by atoms with Crippen LogP contribution in [-0.4, -0.2) is 64.0 Å². The Hall–Kier alpha value is -4.91. The average molecular weight is 587 g/mol. The lowest BCUT2D eigenvalue weighted by Gasteiger charge is -2.18. The zero-order valence-corrected chi connectivity index (χ0v) is 24.4. The lowest BCUT2D eigenvalue weighted by molar-refractivity contribution is -0.117. The molecule has 3 heterocycles. The minimum Gasteiger partial charge on any atom is -0.494 e. The molecule has 0 unspecified atom stereocenters. The largest absolute Gasteiger partial charge is 0.494 e. The monoisotopic (exact) mass is 586 g/mol. The van der Waals surface area contributed by atoms with Gasteiger partial charge in [-0.25, -0.2) is 4.98 Å². The van der Waals surface area contributed by atoms with Crippen LogP contribution in [0.15, 0.2) is 48.1 Å². The third-order valence-corrected chi connectivity index (χ3v) is 7.71. The van der Waals surface area contributed by atoms with Crippen LogP contribution >= 0.6 is 11.3 Å². The number of pyridine rings is 1. The van der Waals surface area contributed by atoms with Crippen LogP contribution in [0.3, 0.4) is 0 Å². The number of methoxy groups -OCH3 is 1. The predicted octanol–water partition coefficient (Wildman–Crippen LogP) is 4.04. The van der Waals surface area contributed by atoms with E-state index in [0.717, 1.165) is 29.0 Å². The number of rotatable bonds is 10. The fourth-order valence-corrected chi connectivity index (χ4v) is 5.11. The van der Waals surface area contributed by atoms with Gasteiger partial charge in [0.25, 0.3) is 11.8 Å². The Labute approximate surface area is 246 Å². The Morgan fingerprint density at radius 1 is 1.10 bits per heavy atom. The number of amides is 3. The quantitative estimate of drug-likeness (QED) is 0.250. The SMILES string of the molecule is CNC(=O)c1nnc(NC(=O)C2CC2)cc1Nc1cccc(-c2ccc(C(=O)N(C)Cc3scnc3C)nc2)c1OC. The number of aryl methyl sites for hydroxylation is 1. The van der Waals surface area contributed by atoms with E-state index in [1.165, 1.54) is 25.5 Å². The van der Waals surface area contributed by atoms with E-state index in [2.05, 4.69) is 36.1 Å². The summed E-state index contributed by atoms with van der Waals surface area (Å²) in [5, 5.41) is 16.6. The maximum atomic E-state index is 13.0. The van der Waals surface area contributed by atoms with Crippen molar-refractivity contribution in [2.75, 3.05) is 31.8 Å². The molecule has 12 nitrogen and oxygen atoms in total. The third kappa shape index (κ3) is 6.20. The Bertz CT molecular complexity index is 1640. The Morgan fingerprint density at radius 2 is 1.90 bits per heavy atom. The summed E-state index contributed by atoms with van der Waals surface area (Å²) in [6.07, 6.45) is 3.31. The highest BCUT2D eigenvalue weighted by Gasteiger charge is 2.30. The molecule has 3 amide bonds. The number of ether oxygens (including phenoxy) is 1. The maximum absolute atomic E-state index is 13.0. The van der Waals surface area contributed by atoms with Crippen LogP contribution in [0.2, 0.25) is 0 Å². The molecule has 1 aliphatic carbocycles. The number of carbonyl (C=O) groups is 3. The third-order valence-electron chi connectivity index (χ3n) is 6.79. The molecule has 0 aliphatic heterocycles. The van der Waals surface area contributed by atoms with Crippen LogP contribution in [0.1, 0.15) is 44.4 Å². The summed E-state index contributed by atoms with van der Waals surface area (Å²) in [6.45, 7) is 2.37. The van der Waals surface area contributed by atoms with Gasteiger partial charge >= 0.3 is 0 Å². The first-order valence-electron chi connectivity index (χ1n) is 13.2. The summed E-state index contributed by atoms with van der Waals surface area (Å²) in [7, 11) is 4.77. The van der Waals surface area contributed by atoms with Gasteiger partial charge in [-0.05, 0) is 31.9 Å². The number of hydrogen-bond acceptors (Lipinski definition) is 10. The summed E-state index contributed by atoms with van der Waals surface area (Å²) in [5.41, 5.74) is 5.37. The molecule has 3 aromatic heterocycles. The number of para-hydroxylation sites is 1. The highest BCUT2D eigenvalue weighted by atomic mass is 32.1. The molecule has 13 heteroatoms. The van der Waals surface area contributed by atoms with Gasteiger partial charge in [0.05, 0.1) is 36.2 Å². The van der Waals surface area contributed by atoms with Gasteiger partial charge in [-0.2, -0.15) is 0 Å². The van der Waals surface area contributed by atoms with E-state index in [-0.39, 0.29) is 29.2 Å². The van der Waals surface area contributed by atoms with E-state index in [1.807, 2.05) is 25.1 Å². The van der Waals surface area contributed by atoms with E-state index in [1.54, 1.807) is 41.9 Å². The van der Waals surface area contributed by atoms with Crippen LogP contribution in [0.4, 0.5) is 17.2 Å². The number of thiazole rings is 1. The van der Waals surface area contributed by atoms with Crippen molar-refractivity contribution in [2.24, 2.45) is 5.92 Å². The minimum atomic E-state index is -0.444. The van der Waals surface area contributed by atoms with Gasteiger partial charge in [-0.3, -0.25) is 19.4 Å². The summed E-state index contributed by atoms with van der Waals surface area (Å²) >= 11 is 1.51. The number of hydrogen-bond donors (Lipinski definition) is 3. The first-order valence-corrected chi connectivity index (χ1v) is 14.1. The highest BCUT2D eigenvalue weighted by molar-refractivity contribution is 7.09. The molecule has 0 bridgehead atoms. The predicted molar refractivity (Wildman–Crippen MR) is 159 cm³/mol. The zero-order valence-electron chi connectivity index (χ0n) is 23.6. The summed E-state index contributed by atoms with van der Waals surface area (Å²) < 4.78 is 5.77. The number of anilines is 3. The highest BCUT2D eigenvalue weighted by Crippen LogP contribution is 2.38. The van der Waals surface area contributed by atoms with Crippen molar-refractivity contribution in [1.29, 1.82) is 0 Å². The fourth-order valence-electron chi connectivity index (χ4n) is 4.28. The number of aromatic nitrogens is 4. The molecule has 5 rings (SSSR count). The summed E-state index contributed by atoms with van der Waals surface area (Å²) in [5.74, 6) is -0.0663. The Morgan fingerprint density at radius 3 is 2.55 bits per heavy atom. The number of nitrogens with one attached hydrogen (secondary N) is 3. The van der Waals surface area contributed by atoms with Gasteiger partial charge in [-0.15, -0.1) is 21.5 Å². The average Bonchev–Trinajstić information content (AvgIpc) is 3.79. The van der Waals surface area contributed by atoms with Crippen LogP contribution in [-0.2, 0) is 11.3 Å². The van der Waals surface area contributed by atoms with E-state index >= 15 is 0 Å². The zero-order chi connectivity index (χ0) is 29.8. The second kappa shape index (κ2) is 12.3. The molecule has 0 saturated heterocycles. The van der Waals surface area contributed by atoms with Crippen LogP contribution in [0.25, 0.3) is 11.1 Å². The maximum Gasteiger partial charge on any atom is 0.273 e. The molecule has 1 aromatic carbocycles. The van der Waals surface area contributed by atoms with Gasteiger partial charge in [0.2, 0.25) is 5.91 Å². The van der Waals surface area contributed by atoms with E-state index in [4.69, 9.17) is 4.74 Å². The molecular weight excluding hydrogens is 556 g/mol. The topological polar surface area (TPSA) is 151 Å². The first-order chi connectivity index (χ1) is 20.3. The van der Waals surface area contributed by atoms with Crippen molar-refractivity contribution >= 4 is 46.3 Å². The minimum absolute atomic E-state index is 0.0169. The van der Waals surface area contributed by atoms with E-state index in [0.29, 0.717) is 34.9 Å². The second-order valence-electron chi connectivity index (χ2n) is 9.80. The molecule has 42 heavy (non-hydrogen) atoms. The van der Waals surface area contributed by atoms with Crippen molar-refractivity contribution in [2.45, 2.75) is 26.3 Å². The molecular formula is C29H30N8O4S. The van der Waals surface area contributed by atoms with Crippen LogP contribution in [0.5, 0.6) is 5.75 Å². The first kappa shape index (κ1) is 28.6. The number of carbonyl (C=O) groups excluding carboxylic acids is 3. The van der Waals surface area contributed by atoms with Gasteiger partial charge in [0.15, 0.2) is 11.5 Å². The van der Waals surface area contributed by atoms with Crippen molar-refractivity contribution in [1.82, 2.24) is 30.4 Å².